The standard InChI is InChI=1S/C18H12N2O3S2/c1-23-15-6-5-11(8-14(15)21)9-16-17(22)20(18(24)25-16)13-4-2-3-12(7-13)10-19/h2-9,21H,1H3/b16-9-. The molecule has 3 rings (SSSR count). The summed E-state index contributed by atoms with van der Waals surface area (Å²) in [4.78, 5) is 14.5. The van der Waals surface area contributed by atoms with Gasteiger partial charge in [0.1, 0.15) is 0 Å². The number of hydrogen-bond donors (Lipinski definition) is 1. The van der Waals surface area contributed by atoms with E-state index in [-0.39, 0.29) is 11.7 Å². The summed E-state index contributed by atoms with van der Waals surface area (Å²) in [5.74, 6) is 0.0897. The Morgan fingerprint density at radius 1 is 1.32 bits per heavy atom. The lowest BCUT2D eigenvalue weighted by Gasteiger charge is -2.14. The second-order valence-corrected chi connectivity index (χ2v) is 6.79. The zero-order chi connectivity index (χ0) is 18.0. The van der Waals surface area contributed by atoms with Gasteiger partial charge >= 0.3 is 0 Å². The van der Waals surface area contributed by atoms with Crippen molar-refractivity contribution in [2.45, 2.75) is 0 Å². The van der Waals surface area contributed by atoms with E-state index < -0.39 is 0 Å². The van der Waals surface area contributed by atoms with Crippen molar-refractivity contribution in [1.82, 2.24) is 0 Å². The van der Waals surface area contributed by atoms with Crippen LogP contribution in [-0.4, -0.2) is 22.4 Å². The van der Waals surface area contributed by atoms with Gasteiger partial charge in [-0.05, 0) is 42.0 Å². The molecule has 1 fully saturated rings. The van der Waals surface area contributed by atoms with Crippen LogP contribution in [0.4, 0.5) is 5.69 Å². The van der Waals surface area contributed by atoms with Crippen molar-refractivity contribution < 1.29 is 14.6 Å². The lowest BCUT2D eigenvalue weighted by Crippen LogP contribution is -2.27. The minimum atomic E-state index is -0.264. The number of benzene rings is 2. The summed E-state index contributed by atoms with van der Waals surface area (Å²) in [6, 6.07) is 13.6. The summed E-state index contributed by atoms with van der Waals surface area (Å²) < 4.78 is 5.40. The number of thioether (sulfide) groups is 1. The number of ether oxygens (including phenoxy) is 1. The Hall–Kier alpha value is -2.82. The molecule has 0 spiro atoms. The number of rotatable bonds is 3. The van der Waals surface area contributed by atoms with E-state index >= 15 is 0 Å². The lowest BCUT2D eigenvalue weighted by molar-refractivity contribution is -0.113. The minimum Gasteiger partial charge on any atom is -0.504 e. The number of nitriles is 1. The molecular formula is C18H12N2O3S2. The molecule has 0 saturated carbocycles. The van der Waals surface area contributed by atoms with Gasteiger partial charge in [0.15, 0.2) is 15.8 Å². The molecule has 0 unspecified atom stereocenters. The number of aromatic hydroxyl groups is 1. The Morgan fingerprint density at radius 3 is 2.80 bits per heavy atom. The molecule has 1 N–H and O–H groups in total. The average molecular weight is 368 g/mol. The molecule has 5 nitrogen and oxygen atoms in total. The number of nitrogens with zero attached hydrogens (tertiary/aromatic N) is 2. The van der Waals surface area contributed by atoms with Gasteiger partial charge in [0.2, 0.25) is 0 Å². The number of carbonyl (C=O) groups excluding carboxylic acids is 1. The lowest BCUT2D eigenvalue weighted by atomic mass is 10.1. The van der Waals surface area contributed by atoms with Crippen LogP contribution in [0, 0.1) is 11.3 Å². The van der Waals surface area contributed by atoms with Crippen molar-refractivity contribution >= 4 is 46.0 Å². The maximum atomic E-state index is 12.7. The van der Waals surface area contributed by atoms with Gasteiger partial charge in [-0.2, -0.15) is 5.26 Å². The first-order chi connectivity index (χ1) is 12.0. The van der Waals surface area contributed by atoms with Crippen LogP contribution in [0.2, 0.25) is 0 Å². The first-order valence-electron chi connectivity index (χ1n) is 7.18. The highest BCUT2D eigenvalue weighted by Gasteiger charge is 2.33. The summed E-state index contributed by atoms with van der Waals surface area (Å²) in [5.41, 5.74) is 1.67. The summed E-state index contributed by atoms with van der Waals surface area (Å²) in [6.07, 6.45) is 1.66. The number of carbonyl (C=O) groups is 1. The van der Waals surface area contributed by atoms with E-state index in [1.807, 2.05) is 6.07 Å². The number of anilines is 1. The van der Waals surface area contributed by atoms with Crippen LogP contribution in [0.1, 0.15) is 11.1 Å². The molecule has 1 saturated heterocycles. The maximum absolute atomic E-state index is 12.7. The molecule has 1 heterocycles. The molecule has 2 aromatic rings. The fourth-order valence-electron chi connectivity index (χ4n) is 2.35. The molecule has 1 aliphatic rings. The second-order valence-electron chi connectivity index (χ2n) is 5.11. The van der Waals surface area contributed by atoms with Gasteiger partial charge in [0.25, 0.3) is 5.91 Å². The van der Waals surface area contributed by atoms with Crippen molar-refractivity contribution in [3.8, 4) is 17.6 Å². The molecular weight excluding hydrogens is 356 g/mol. The largest absolute Gasteiger partial charge is 0.504 e. The summed E-state index contributed by atoms with van der Waals surface area (Å²) in [7, 11) is 1.47. The van der Waals surface area contributed by atoms with E-state index in [0.29, 0.717) is 31.8 Å². The van der Waals surface area contributed by atoms with E-state index in [2.05, 4.69) is 0 Å². The van der Waals surface area contributed by atoms with Crippen molar-refractivity contribution in [2.75, 3.05) is 12.0 Å². The molecule has 0 atom stereocenters. The van der Waals surface area contributed by atoms with Gasteiger partial charge in [-0.3, -0.25) is 9.69 Å². The van der Waals surface area contributed by atoms with E-state index in [4.69, 9.17) is 22.2 Å². The summed E-state index contributed by atoms with van der Waals surface area (Å²) in [5, 5.41) is 18.9. The Bertz CT molecular complexity index is 948. The highest BCUT2D eigenvalue weighted by Crippen LogP contribution is 2.37. The quantitative estimate of drug-likeness (QED) is 0.658. The molecule has 7 heteroatoms. The maximum Gasteiger partial charge on any atom is 0.270 e. The van der Waals surface area contributed by atoms with E-state index in [0.717, 1.165) is 0 Å². The van der Waals surface area contributed by atoms with Crippen LogP contribution in [0.5, 0.6) is 11.5 Å². The smallest absolute Gasteiger partial charge is 0.270 e. The molecule has 0 bridgehead atoms. The third-order valence-corrected chi connectivity index (χ3v) is 4.83. The first-order valence-corrected chi connectivity index (χ1v) is 8.41. The second kappa shape index (κ2) is 6.97. The topological polar surface area (TPSA) is 73.6 Å². The number of amides is 1. The summed E-state index contributed by atoms with van der Waals surface area (Å²) in [6.45, 7) is 0. The molecule has 0 aromatic heterocycles. The Kier molecular flexibility index (Phi) is 4.74. The van der Waals surface area contributed by atoms with Gasteiger partial charge in [0.05, 0.1) is 29.3 Å². The molecule has 1 aliphatic heterocycles. The van der Waals surface area contributed by atoms with Crippen LogP contribution >= 0.6 is 24.0 Å². The normalized spacial score (nSPS) is 15.5. The number of thiocarbonyl (C=S) groups is 1. The number of phenols is 1. The third-order valence-electron chi connectivity index (χ3n) is 3.53. The van der Waals surface area contributed by atoms with E-state index in [1.54, 1.807) is 42.5 Å². The number of phenolic OH excluding ortho intramolecular Hbond substituents is 1. The molecule has 0 aliphatic carbocycles. The molecule has 25 heavy (non-hydrogen) atoms. The van der Waals surface area contributed by atoms with Gasteiger partial charge in [-0.25, -0.2) is 0 Å². The van der Waals surface area contributed by atoms with Crippen LogP contribution < -0.4 is 9.64 Å². The minimum absolute atomic E-state index is 0.00606. The molecule has 0 radical (unpaired) electrons. The van der Waals surface area contributed by atoms with Crippen LogP contribution in [0.3, 0.4) is 0 Å². The van der Waals surface area contributed by atoms with Gasteiger partial charge in [-0.1, -0.05) is 36.1 Å². The van der Waals surface area contributed by atoms with Crippen LogP contribution in [0.15, 0.2) is 47.4 Å². The van der Waals surface area contributed by atoms with Crippen molar-refractivity contribution in [1.29, 1.82) is 5.26 Å². The fourth-order valence-corrected chi connectivity index (χ4v) is 3.65. The van der Waals surface area contributed by atoms with Crippen LogP contribution in [0.25, 0.3) is 6.08 Å². The predicted molar refractivity (Wildman–Crippen MR) is 101 cm³/mol. The SMILES string of the molecule is COc1ccc(/C=C2\SC(=S)N(c3cccc(C#N)c3)C2=O)cc1O. The predicted octanol–water partition coefficient (Wildman–Crippen LogP) is 3.68. The van der Waals surface area contributed by atoms with Gasteiger partial charge < -0.3 is 9.84 Å². The Balaban J connectivity index is 1.93. The van der Waals surface area contributed by atoms with Gasteiger partial charge in [-0.15, -0.1) is 0 Å². The Labute approximate surface area is 154 Å². The number of methoxy groups -OCH3 is 1. The van der Waals surface area contributed by atoms with Crippen LogP contribution in [-0.2, 0) is 4.79 Å². The third kappa shape index (κ3) is 3.36. The molecule has 1 amide bonds. The molecule has 124 valence electrons. The highest BCUT2D eigenvalue weighted by molar-refractivity contribution is 8.27. The van der Waals surface area contributed by atoms with Crippen molar-refractivity contribution in [3.63, 3.8) is 0 Å². The first kappa shape index (κ1) is 17.0. The Morgan fingerprint density at radius 2 is 2.12 bits per heavy atom. The van der Waals surface area contributed by atoms with E-state index in [1.165, 1.54) is 29.8 Å². The monoisotopic (exact) mass is 368 g/mol. The fraction of sp³-hybridized carbons (Fsp3) is 0.0556. The summed E-state index contributed by atoms with van der Waals surface area (Å²) >= 11 is 6.49. The highest BCUT2D eigenvalue weighted by atomic mass is 32.2. The van der Waals surface area contributed by atoms with Gasteiger partial charge in [0, 0.05) is 0 Å². The average Bonchev–Trinajstić information content (AvgIpc) is 2.88. The zero-order valence-electron chi connectivity index (χ0n) is 13.1. The number of hydrogen-bond acceptors (Lipinski definition) is 6. The van der Waals surface area contributed by atoms with E-state index in [9.17, 15) is 9.90 Å². The van der Waals surface area contributed by atoms with Crippen molar-refractivity contribution in [3.05, 3.63) is 58.5 Å². The molecule has 2 aromatic carbocycles. The van der Waals surface area contributed by atoms with Crippen molar-refractivity contribution in [2.24, 2.45) is 0 Å². The zero-order valence-corrected chi connectivity index (χ0v) is 14.7.